The monoisotopic (exact) mass is 476 g/mol. The van der Waals surface area contributed by atoms with Gasteiger partial charge in [-0.05, 0) is 42.7 Å². The molecule has 35 heavy (non-hydrogen) atoms. The first-order chi connectivity index (χ1) is 17.0. The number of aryl methyl sites for hydroxylation is 1. The number of hydrogen-bond acceptors (Lipinski definition) is 5. The molecule has 2 aromatic carbocycles. The van der Waals surface area contributed by atoms with Gasteiger partial charge >= 0.3 is 0 Å². The number of amides is 2. The van der Waals surface area contributed by atoms with Gasteiger partial charge in [0.25, 0.3) is 0 Å². The number of aromatic nitrogens is 2. The van der Waals surface area contributed by atoms with E-state index < -0.39 is 6.04 Å². The first-order valence-electron chi connectivity index (χ1n) is 11.9. The molecule has 4 rings (SSSR count). The Kier molecular flexibility index (Phi) is 8.03. The molecule has 1 saturated heterocycles. The Morgan fingerprint density at radius 3 is 2.57 bits per heavy atom. The number of rotatable bonds is 9. The number of ether oxygens (including phenoxy) is 2. The highest BCUT2D eigenvalue weighted by Gasteiger charge is 2.31. The summed E-state index contributed by atoms with van der Waals surface area (Å²) in [5.74, 6) is 1.89. The van der Waals surface area contributed by atoms with Crippen molar-refractivity contribution in [2.24, 2.45) is 13.0 Å². The quantitative estimate of drug-likeness (QED) is 0.512. The van der Waals surface area contributed by atoms with Crippen LogP contribution in [0.3, 0.4) is 0 Å². The summed E-state index contributed by atoms with van der Waals surface area (Å²) in [6.07, 6.45) is 5.39. The Bertz CT molecular complexity index is 1110. The van der Waals surface area contributed by atoms with Crippen LogP contribution in [0.2, 0.25) is 0 Å². The van der Waals surface area contributed by atoms with Gasteiger partial charge in [-0.25, -0.2) is 4.98 Å². The van der Waals surface area contributed by atoms with E-state index in [1.807, 2.05) is 72.4 Å². The molecule has 0 radical (unpaired) electrons. The minimum atomic E-state index is -0.404. The number of imidazole rings is 1. The van der Waals surface area contributed by atoms with Crippen molar-refractivity contribution in [2.45, 2.75) is 25.3 Å². The fourth-order valence-corrected chi connectivity index (χ4v) is 4.36. The van der Waals surface area contributed by atoms with Crippen molar-refractivity contribution in [1.29, 1.82) is 0 Å². The molecule has 1 aromatic heterocycles. The SMILES string of the molecule is COc1ccc(C(NC(=O)C2CCCN(C(=O)CCOc3ccccc3)C2)c2nccn2C)cc1. The zero-order valence-electron chi connectivity index (χ0n) is 20.2. The summed E-state index contributed by atoms with van der Waals surface area (Å²) in [6, 6.07) is 16.7. The van der Waals surface area contributed by atoms with Gasteiger partial charge < -0.3 is 24.3 Å². The van der Waals surface area contributed by atoms with E-state index in [4.69, 9.17) is 9.47 Å². The van der Waals surface area contributed by atoms with Crippen LogP contribution >= 0.6 is 0 Å². The summed E-state index contributed by atoms with van der Waals surface area (Å²) in [6.45, 7) is 1.38. The molecular formula is C27H32N4O4. The van der Waals surface area contributed by atoms with Gasteiger partial charge in [-0.3, -0.25) is 9.59 Å². The van der Waals surface area contributed by atoms with Crippen LogP contribution in [0.5, 0.6) is 11.5 Å². The van der Waals surface area contributed by atoms with Gasteiger partial charge in [0.2, 0.25) is 11.8 Å². The highest BCUT2D eigenvalue weighted by atomic mass is 16.5. The van der Waals surface area contributed by atoms with Crippen LogP contribution in [0.15, 0.2) is 67.0 Å². The second kappa shape index (κ2) is 11.6. The number of hydrogen-bond donors (Lipinski definition) is 1. The largest absolute Gasteiger partial charge is 0.497 e. The van der Waals surface area contributed by atoms with Crippen LogP contribution in [0.1, 0.15) is 36.7 Å². The van der Waals surface area contributed by atoms with Gasteiger partial charge in [0.1, 0.15) is 23.4 Å². The number of methoxy groups -OCH3 is 1. The van der Waals surface area contributed by atoms with Crippen molar-refractivity contribution >= 4 is 11.8 Å². The van der Waals surface area contributed by atoms with Crippen molar-refractivity contribution < 1.29 is 19.1 Å². The van der Waals surface area contributed by atoms with Crippen LogP contribution in [0, 0.1) is 5.92 Å². The van der Waals surface area contributed by atoms with Crippen molar-refractivity contribution in [2.75, 3.05) is 26.8 Å². The first-order valence-corrected chi connectivity index (χ1v) is 11.9. The van der Waals surface area contributed by atoms with E-state index in [1.165, 1.54) is 0 Å². The lowest BCUT2D eigenvalue weighted by Crippen LogP contribution is -2.46. The van der Waals surface area contributed by atoms with E-state index in [9.17, 15) is 9.59 Å². The lowest BCUT2D eigenvalue weighted by atomic mass is 9.95. The molecule has 0 spiro atoms. The van der Waals surface area contributed by atoms with Gasteiger partial charge in [-0.2, -0.15) is 0 Å². The van der Waals surface area contributed by atoms with Gasteiger partial charge in [0.05, 0.1) is 26.1 Å². The second-order valence-electron chi connectivity index (χ2n) is 8.70. The lowest BCUT2D eigenvalue weighted by molar-refractivity contribution is -0.136. The summed E-state index contributed by atoms with van der Waals surface area (Å²) in [5.41, 5.74) is 0.912. The van der Waals surface area contributed by atoms with E-state index in [0.29, 0.717) is 19.7 Å². The lowest BCUT2D eigenvalue weighted by Gasteiger charge is -2.33. The molecule has 0 aliphatic carbocycles. The van der Waals surface area contributed by atoms with Crippen molar-refractivity contribution in [3.8, 4) is 11.5 Å². The van der Waals surface area contributed by atoms with Crippen LogP contribution in [-0.2, 0) is 16.6 Å². The van der Waals surface area contributed by atoms with Crippen molar-refractivity contribution in [1.82, 2.24) is 19.8 Å². The first kappa shape index (κ1) is 24.3. The van der Waals surface area contributed by atoms with Crippen LogP contribution < -0.4 is 14.8 Å². The summed E-state index contributed by atoms with van der Waals surface area (Å²) < 4.78 is 12.8. The molecular weight excluding hydrogens is 444 g/mol. The Labute approximate surface area is 205 Å². The maximum Gasteiger partial charge on any atom is 0.226 e. The van der Waals surface area contributed by atoms with Gasteiger partial charge in [0.15, 0.2) is 0 Å². The van der Waals surface area contributed by atoms with Crippen LogP contribution in [-0.4, -0.2) is 53.1 Å². The predicted octanol–water partition coefficient (Wildman–Crippen LogP) is 3.34. The van der Waals surface area contributed by atoms with Crippen molar-refractivity contribution in [3.63, 3.8) is 0 Å². The van der Waals surface area contributed by atoms with E-state index in [-0.39, 0.29) is 24.2 Å². The highest BCUT2D eigenvalue weighted by Crippen LogP contribution is 2.25. The number of likely N-dealkylation sites (tertiary alicyclic amines) is 1. The highest BCUT2D eigenvalue weighted by molar-refractivity contribution is 5.82. The third-order valence-corrected chi connectivity index (χ3v) is 6.33. The number of piperidine rings is 1. The maximum atomic E-state index is 13.3. The van der Waals surface area contributed by atoms with Gasteiger partial charge in [0, 0.05) is 32.5 Å². The molecule has 2 heterocycles. The number of para-hydroxylation sites is 1. The molecule has 0 saturated carbocycles. The molecule has 0 bridgehead atoms. The third-order valence-electron chi connectivity index (χ3n) is 6.33. The number of carbonyl (C=O) groups is 2. The summed E-state index contributed by atoms with van der Waals surface area (Å²) in [7, 11) is 3.53. The molecule has 184 valence electrons. The predicted molar refractivity (Wildman–Crippen MR) is 132 cm³/mol. The Hall–Kier alpha value is -3.81. The Morgan fingerprint density at radius 1 is 1.11 bits per heavy atom. The number of nitrogens with zero attached hydrogens (tertiary/aromatic N) is 3. The van der Waals surface area contributed by atoms with Crippen LogP contribution in [0.25, 0.3) is 0 Å². The van der Waals surface area contributed by atoms with Crippen molar-refractivity contribution in [3.05, 3.63) is 78.4 Å². The molecule has 1 aliphatic heterocycles. The minimum Gasteiger partial charge on any atom is -0.497 e. The standard InChI is InChI=1S/C27H32N4O4/c1-30-17-15-28-26(30)25(20-10-12-22(34-2)13-11-20)29-27(33)21-7-6-16-31(19-21)24(32)14-18-35-23-8-4-3-5-9-23/h3-5,8-13,15,17,21,25H,6-7,14,16,18-19H2,1-2H3,(H,29,33). The summed E-state index contributed by atoms with van der Waals surface area (Å²) >= 11 is 0. The second-order valence-corrected chi connectivity index (χ2v) is 8.70. The maximum absolute atomic E-state index is 13.3. The molecule has 1 fully saturated rings. The smallest absolute Gasteiger partial charge is 0.226 e. The van der Waals surface area contributed by atoms with E-state index >= 15 is 0 Å². The average molecular weight is 477 g/mol. The topological polar surface area (TPSA) is 85.7 Å². The summed E-state index contributed by atoms with van der Waals surface area (Å²) in [4.78, 5) is 32.4. The minimum absolute atomic E-state index is 0.00855. The third kappa shape index (κ3) is 6.20. The molecule has 2 unspecified atom stereocenters. The molecule has 8 heteroatoms. The molecule has 1 aliphatic rings. The summed E-state index contributed by atoms with van der Waals surface area (Å²) in [5, 5.41) is 3.18. The normalized spacial score (nSPS) is 16.4. The fraction of sp³-hybridized carbons (Fsp3) is 0.370. The molecule has 8 nitrogen and oxygen atoms in total. The Balaban J connectivity index is 1.38. The number of carbonyl (C=O) groups excluding carboxylic acids is 2. The molecule has 1 N–H and O–H groups in total. The number of benzene rings is 2. The average Bonchev–Trinajstić information content (AvgIpc) is 3.33. The fourth-order valence-electron chi connectivity index (χ4n) is 4.36. The van der Waals surface area contributed by atoms with Crippen LogP contribution in [0.4, 0.5) is 0 Å². The van der Waals surface area contributed by atoms with Gasteiger partial charge in [-0.1, -0.05) is 30.3 Å². The zero-order valence-corrected chi connectivity index (χ0v) is 20.2. The zero-order chi connectivity index (χ0) is 24.6. The Morgan fingerprint density at radius 2 is 1.89 bits per heavy atom. The molecule has 2 atom stereocenters. The van der Waals surface area contributed by atoms with E-state index in [2.05, 4.69) is 10.3 Å². The van der Waals surface area contributed by atoms with Gasteiger partial charge in [-0.15, -0.1) is 0 Å². The van der Waals surface area contributed by atoms with E-state index in [1.54, 1.807) is 18.2 Å². The molecule has 2 amide bonds. The molecule has 3 aromatic rings. The van der Waals surface area contributed by atoms with E-state index in [0.717, 1.165) is 35.7 Å². The number of nitrogens with one attached hydrogen (secondary N) is 1.